The third-order valence-electron chi connectivity index (χ3n) is 13.3. The highest BCUT2D eigenvalue weighted by Gasteiger charge is 2.68. The Morgan fingerprint density at radius 1 is 1.02 bits per heavy atom. The topological polar surface area (TPSA) is 185 Å². The molecular weight excluding hydrogens is 668 g/mol. The minimum atomic E-state index is -1.76. The monoisotopic (exact) mass is 716 g/mol. The minimum Gasteiger partial charge on any atom is -0.461 e. The van der Waals surface area contributed by atoms with Crippen LogP contribution in [0.5, 0.6) is 0 Å². The van der Waals surface area contributed by atoms with Gasteiger partial charge in [0.1, 0.15) is 28.3 Å². The molecule has 3 saturated carbocycles. The normalized spacial score (nSPS) is 31.1. The van der Waals surface area contributed by atoms with Crippen LogP contribution in [0.25, 0.3) is 21.9 Å². The number of rotatable bonds is 8. The summed E-state index contributed by atoms with van der Waals surface area (Å²) in [5, 5.41) is 30.5. The van der Waals surface area contributed by atoms with E-state index in [1.807, 2.05) is 26.8 Å². The summed E-state index contributed by atoms with van der Waals surface area (Å²) in [5.74, 6) is -0.0453. The molecule has 4 N–H and O–H groups in total. The van der Waals surface area contributed by atoms with Gasteiger partial charge in [-0.1, -0.05) is 25.5 Å². The number of fused-ring (bicyclic) bond motifs is 7. The Hall–Kier alpha value is -4.29. The van der Waals surface area contributed by atoms with Crippen molar-refractivity contribution in [2.45, 2.75) is 104 Å². The fraction of sp³-hybridized carbons (Fsp3) is 0.575. The van der Waals surface area contributed by atoms with E-state index in [2.05, 4.69) is 23.6 Å². The molecule has 3 aromatic rings. The first-order valence-electron chi connectivity index (χ1n) is 18.4. The number of amides is 2. The molecule has 3 fully saturated rings. The van der Waals surface area contributed by atoms with Gasteiger partial charge in [0.2, 0.25) is 11.7 Å². The van der Waals surface area contributed by atoms with Crippen LogP contribution in [0.4, 0.5) is 4.79 Å². The number of alkyl carbamates (subject to hydrolysis) is 1. The molecule has 12 heteroatoms. The van der Waals surface area contributed by atoms with Gasteiger partial charge in [0.15, 0.2) is 6.61 Å². The number of aryl methyl sites for hydroxylation is 3. The Kier molecular flexibility index (Phi) is 9.01. The van der Waals surface area contributed by atoms with Crippen molar-refractivity contribution in [3.05, 3.63) is 56.7 Å². The molecule has 2 aromatic heterocycles. The third kappa shape index (κ3) is 5.69. The zero-order valence-corrected chi connectivity index (χ0v) is 30.5. The average Bonchev–Trinajstić information content (AvgIpc) is 3.55. The van der Waals surface area contributed by atoms with Crippen LogP contribution in [0.15, 0.2) is 37.4 Å². The number of carbonyl (C=O) groups excluding carboxylic acids is 4. The molecule has 52 heavy (non-hydrogen) atoms. The Labute approximate surface area is 301 Å². The molecule has 0 spiro atoms. The highest BCUT2D eigenvalue weighted by molar-refractivity contribution is 6.00. The van der Waals surface area contributed by atoms with Crippen LogP contribution in [0.1, 0.15) is 87.7 Å². The number of hydrogen-bond donors (Lipinski definition) is 4. The summed E-state index contributed by atoms with van der Waals surface area (Å²) >= 11 is 0. The van der Waals surface area contributed by atoms with Crippen molar-refractivity contribution in [2.75, 3.05) is 13.2 Å². The number of carbonyl (C=O) groups is 4. The number of benzene rings is 1. The summed E-state index contributed by atoms with van der Waals surface area (Å²) in [4.78, 5) is 63.0. The van der Waals surface area contributed by atoms with Crippen LogP contribution in [-0.4, -0.2) is 58.6 Å². The molecule has 4 aliphatic rings. The lowest BCUT2D eigenvalue weighted by molar-refractivity contribution is -0.180. The summed E-state index contributed by atoms with van der Waals surface area (Å²) in [6, 6.07) is 3.33. The fourth-order valence-corrected chi connectivity index (χ4v) is 10.5. The van der Waals surface area contributed by atoms with Gasteiger partial charge in [0.05, 0.1) is 6.10 Å². The van der Waals surface area contributed by atoms with Gasteiger partial charge in [-0.25, -0.2) is 9.59 Å². The van der Waals surface area contributed by atoms with Crippen LogP contribution >= 0.6 is 0 Å². The van der Waals surface area contributed by atoms with E-state index in [1.54, 1.807) is 6.92 Å². The Morgan fingerprint density at radius 2 is 1.77 bits per heavy atom. The lowest BCUT2D eigenvalue weighted by Gasteiger charge is -2.59. The van der Waals surface area contributed by atoms with E-state index in [0.717, 1.165) is 27.5 Å². The second-order valence-corrected chi connectivity index (χ2v) is 16.1. The molecule has 4 aliphatic carbocycles. The standard InChI is InChI=1S/C40H48N2O10/c1-20-14-33(47)52-35-21(2)36-27(16-26(20)35)28(22(3)51-36)18-42-32(46)10-13-41-37(48)50-19-31(45)40(49)12-9-29-25-7-6-23-15-24(43)8-11-38(23,4)34(25)30(44)17-39(29,40)5/h6,14,16,25,29-30,34,44,49H,7-13,15,17-19H2,1-5H3,(H,41,48)(H,42,46)/t25?,29?,30?,34?,38?,39?,40-/m0/s1. The number of nitrogens with one attached hydrogen (secondary N) is 2. The molecule has 0 saturated heterocycles. The van der Waals surface area contributed by atoms with Crippen molar-refractivity contribution in [2.24, 2.45) is 28.6 Å². The maximum absolute atomic E-state index is 13.6. The number of allylic oxidation sites excluding steroid dienone is 2. The summed E-state index contributed by atoms with van der Waals surface area (Å²) in [5.41, 5.74) is 1.06. The van der Waals surface area contributed by atoms with Crippen molar-refractivity contribution < 1.29 is 43.0 Å². The number of aliphatic hydroxyl groups excluding tert-OH is 1. The minimum absolute atomic E-state index is 0.00621. The summed E-state index contributed by atoms with van der Waals surface area (Å²) in [6.07, 6.45) is 3.93. The molecular formula is C40H48N2O10. The van der Waals surface area contributed by atoms with Gasteiger partial charge in [-0.3, -0.25) is 14.4 Å². The van der Waals surface area contributed by atoms with Crippen LogP contribution in [0, 0.1) is 49.4 Å². The van der Waals surface area contributed by atoms with Gasteiger partial charge in [0, 0.05) is 65.7 Å². The second-order valence-electron chi connectivity index (χ2n) is 16.1. The number of aliphatic hydroxyl groups is 2. The van der Waals surface area contributed by atoms with E-state index in [-0.39, 0.29) is 67.2 Å². The van der Waals surface area contributed by atoms with Gasteiger partial charge in [0.25, 0.3) is 0 Å². The van der Waals surface area contributed by atoms with Crippen molar-refractivity contribution in [1.82, 2.24) is 10.6 Å². The summed E-state index contributed by atoms with van der Waals surface area (Å²) in [7, 11) is 0. The first-order chi connectivity index (χ1) is 24.6. The molecule has 0 bridgehead atoms. The second kappa shape index (κ2) is 13.0. The van der Waals surface area contributed by atoms with E-state index < -0.39 is 41.2 Å². The molecule has 0 radical (unpaired) electrons. The highest BCUT2D eigenvalue weighted by atomic mass is 16.6. The van der Waals surface area contributed by atoms with Gasteiger partial charge >= 0.3 is 11.7 Å². The number of ketones is 2. The van der Waals surface area contributed by atoms with Gasteiger partial charge in [-0.15, -0.1) is 0 Å². The van der Waals surface area contributed by atoms with Crippen molar-refractivity contribution in [3.8, 4) is 0 Å². The zero-order chi connectivity index (χ0) is 37.3. The SMILES string of the molecule is Cc1oc2c(C)c3oc(=O)cc(C)c3cc2c1CNC(=O)CCNC(=O)OCC(=O)[C@@]1(O)CCC2C3CC=C4CC(=O)CCC4(C)C3C(O)CC21C. The Morgan fingerprint density at radius 3 is 2.54 bits per heavy atom. The van der Waals surface area contributed by atoms with Crippen LogP contribution in [0.2, 0.25) is 0 Å². The highest BCUT2D eigenvalue weighted by Crippen LogP contribution is 2.67. The smallest absolute Gasteiger partial charge is 0.407 e. The maximum Gasteiger partial charge on any atom is 0.407 e. The predicted octanol–water partition coefficient (Wildman–Crippen LogP) is 5.00. The number of ether oxygens (including phenoxy) is 1. The molecule has 2 heterocycles. The van der Waals surface area contributed by atoms with E-state index in [1.165, 1.54) is 6.07 Å². The molecule has 2 amide bonds. The first kappa shape index (κ1) is 36.1. The molecule has 6 unspecified atom stereocenters. The van der Waals surface area contributed by atoms with Gasteiger partial charge in [-0.2, -0.15) is 0 Å². The fourth-order valence-electron chi connectivity index (χ4n) is 10.5. The number of hydrogen-bond acceptors (Lipinski definition) is 10. The van der Waals surface area contributed by atoms with Crippen molar-refractivity contribution >= 4 is 45.5 Å². The largest absolute Gasteiger partial charge is 0.461 e. The Balaban J connectivity index is 0.919. The lowest BCUT2D eigenvalue weighted by atomic mass is 9.46. The molecule has 7 rings (SSSR count). The van der Waals surface area contributed by atoms with Gasteiger partial charge < -0.3 is 34.4 Å². The van der Waals surface area contributed by atoms with Crippen LogP contribution in [-0.2, 0) is 25.7 Å². The number of Topliss-reactive ketones (excluding diaryl/α,β-unsaturated/α-hetero) is 2. The average molecular weight is 717 g/mol. The molecule has 7 atom stereocenters. The molecule has 278 valence electrons. The molecule has 0 aliphatic heterocycles. The first-order valence-corrected chi connectivity index (χ1v) is 18.4. The number of furan rings is 1. The lowest BCUT2D eigenvalue weighted by Crippen LogP contribution is -2.62. The summed E-state index contributed by atoms with van der Waals surface area (Å²) in [6.45, 7) is 9.01. The van der Waals surface area contributed by atoms with Gasteiger partial charge in [-0.05, 0) is 87.7 Å². The van der Waals surface area contributed by atoms with E-state index >= 15 is 0 Å². The quantitative estimate of drug-likeness (QED) is 0.183. The summed E-state index contributed by atoms with van der Waals surface area (Å²) < 4.78 is 16.7. The van der Waals surface area contributed by atoms with Crippen molar-refractivity contribution in [1.29, 1.82) is 0 Å². The molecule has 12 nitrogen and oxygen atoms in total. The van der Waals surface area contributed by atoms with E-state index in [0.29, 0.717) is 54.6 Å². The molecule has 1 aromatic carbocycles. The third-order valence-corrected chi connectivity index (χ3v) is 13.3. The predicted molar refractivity (Wildman–Crippen MR) is 190 cm³/mol. The van der Waals surface area contributed by atoms with Crippen molar-refractivity contribution in [3.63, 3.8) is 0 Å². The van der Waals surface area contributed by atoms with E-state index in [9.17, 15) is 34.2 Å². The van der Waals surface area contributed by atoms with Crippen LogP contribution in [0.3, 0.4) is 0 Å². The Bertz CT molecular complexity index is 2090. The zero-order valence-electron chi connectivity index (χ0n) is 30.5. The van der Waals surface area contributed by atoms with Crippen LogP contribution < -0.4 is 16.3 Å². The van der Waals surface area contributed by atoms with E-state index in [4.69, 9.17) is 13.6 Å². The maximum atomic E-state index is 13.6.